The molecule has 10 heteroatoms. The molecule has 1 N–H and O–H groups in total. The smallest absolute Gasteiger partial charge is 0.271 e. The summed E-state index contributed by atoms with van der Waals surface area (Å²) in [7, 11) is 0. The third kappa shape index (κ3) is 5.23. The molecule has 2 heterocycles. The minimum absolute atomic E-state index is 0.0788. The van der Waals surface area contributed by atoms with Crippen molar-refractivity contribution in [2.75, 3.05) is 6.54 Å². The average Bonchev–Trinajstić information content (AvgIpc) is 3.26. The van der Waals surface area contributed by atoms with Crippen LogP contribution in [0.15, 0.2) is 30.5 Å². The van der Waals surface area contributed by atoms with Gasteiger partial charge in [-0.1, -0.05) is 40.9 Å². The van der Waals surface area contributed by atoms with Gasteiger partial charge in [-0.15, -0.1) is 0 Å². The lowest BCUT2D eigenvalue weighted by Crippen LogP contribution is -2.26. The molecule has 7 nitrogen and oxygen atoms in total. The number of benzene rings is 1. The first kappa shape index (κ1) is 21.5. The highest BCUT2D eigenvalue weighted by Gasteiger charge is 2.12. The van der Waals surface area contributed by atoms with Gasteiger partial charge >= 0.3 is 0 Å². The van der Waals surface area contributed by atoms with Crippen molar-refractivity contribution < 1.29 is 9.53 Å². The molecular weight excluding hydrogens is 437 g/mol. The minimum atomic E-state index is -0.258. The van der Waals surface area contributed by atoms with Gasteiger partial charge in [-0.3, -0.25) is 9.48 Å². The number of nitrogens with zero attached hydrogens (tertiary/aromatic N) is 4. The Kier molecular flexibility index (Phi) is 7.05. The summed E-state index contributed by atoms with van der Waals surface area (Å²) in [5.41, 5.74) is 2.03. The first-order chi connectivity index (χ1) is 13.9. The maximum Gasteiger partial charge on any atom is 0.271 e. The van der Waals surface area contributed by atoms with Gasteiger partial charge in [0.25, 0.3) is 5.91 Å². The Morgan fingerprint density at radius 2 is 1.86 bits per heavy atom. The lowest BCUT2D eigenvalue weighted by molar-refractivity contribution is 0.0945. The molecule has 0 spiro atoms. The van der Waals surface area contributed by atoms with Gasteiger partial charge in [0.15, 0.2) is 12.5 Å². The van der Waals surface area contributed by atoms with E-state index in [-0.39, 0.29) is 12.6 Å². The van der Waals surface area contributed by atoms with Gasteiger partial charge in [-0.25, -0.2) is 4.68 Å². The molecule has 1 amide bonds. The normalized spacial score (nSPS) is 10.9. The number of hydrogen-bond acceptors (Lipinski definition) is 4. The number of aryl methyl sites for hydroxylation is 2. The van der Waals surface area contributed by atoms with E-state index in [1.54, 1.807) is 30.5 Å². The molecule has 0 saturated heterocycles. The Morgan fingerprint density at radius 3 is 2.52 bits per heavy atom. The Morgan fingerprint density at radius 1 is 1.14 bits per heavy atom. The molecule has 3 aromatic rings. The van der Waals surface area contributed by atoms with Gasteiger partial charge < -0.3 is 10.1 Å². The number of nitrogens with one attached hydrogen (secondary N) is 1. The van der Waals surface area contributed by atoms with Crippen LogP contribution in [-0.2, 0) is 13.3 Å². The van der Waals surface area contributed by atoms with E-state index in [4.69, 9.17) is 39.5 Å². The molecule has 3 rings (SSSR count). The van der Waals surface area contributed by atoms with E-state index in [1.807, 2.05) is 18.5 Å². The van der Waals surface area contributed by atoms with Crippen molar-refractivity contribution >= 4 is 40.7 Å². The molecule has 0 aliphatic heterocycles. The first-order valence-electron chi connectivity index (χ1n) is 8.94. The zero-order valence-corrected chi connectivity index (χ0v) is 18.2. The monoisotopic (exact) mass is 455 g/mol. The van der Waals surface area contributed by atoms with Crippen molar-refractivity contribution in [3.05, 3.63) is 62.6 Å². The van der Waals surface area contributed by atoms with Crippen LogP contribution < -0.4 is 10.1 Å². The predicted octanol–water partition coefficient (Wildman–Crippen LogP) is 4.51. The maximum absolute atomic E-state index is 12.3. The number of carbonyl (C=O) groups excluding carboxylic acids is 1. The lowest BCUT2D eigenvalue weighted by Gasteiger charge is -2.09. The summed E-state index contributed by atoms with van der Waals surface area (Å²) in [6, 6.07) is 6.72. The van der Waals surface area contributed by atoms with Crippen LogP contribution in [-0.4, -0.2) is 32.0 Å². The van der Waals surface area contributed by atoms with Gasteiger partial charge in [0.1, 0.15) is 5.69 Å². The third-order valence-electron chi connectivity index (χ3n) is 4.26. The van der Waals surface area contributed by atoms with Gasteiger partial charge in [-0.2, -0.15) is 10.2 Å². The van der Waals surface area contributed by atoms with Crippen LogP contribution in [0.5, 0.6) is 5.75 Å². The summed E-state index contributed by atoms with van der Waals surface area (Å²) in [5.74, 6) is 0.118. The van der Waals surface area contributed by atoms with Crippen LogP contribution >= 0.6 is 34.8 Å². The molecule has 0 fully saturated rings. The molecule has 0 atom stereocenters. The Bertz CT molecular complexity index is 995. The molecule has 0 aliphatic carbocycles. The second-order valence-electron chi connectivity index (χ2n) is 6.38. The van der Waals surface area contributed by atoms with E-state index >= 15 is 0 Å². The number of hydrogen-bond donors (Lipinski definition) is 1. The second kappa shape index (κ2) is 9.52. The molecule has 1 aromatic carbocycles. The third-order valence-corrected chi connectivity index (χ3v) is 5.40. The summed E-state index contributed by atoms with van der Waals surface area (Å²) >= 11 is 18.3. The SMILES string of the molecule is Cc1nn(CCCNC(=O)c2ccn(COc3c(Cl)cccc3Cl)n2)c(C)c1Cl. The van der Waals surface area contributed by atoms with Crippen molar-refractivity contribution in [1.29, 1.82) is 0 Å². The molecule has 0 bridgehead atoms. The van der Waals surface area contributed by atoms with E-state index < -0.39 is 0 Å². The average molecular weight is 457 g/mol. The number of aromatic nitrogens is 4. The fraction of sp³-hybridized carbons (Fsp3) is 0.316. The van der Waals surface area contributed by atoms with Crippen LogP contribution in [0.2, 0.25) is 15.1 Å². The Balaban J connectivity index is 1.47. The molecule has 29 heavy (non-hydrogen) atoms. The highest BCUT2D eigenvalue weighted by Crippen LogP contribution is 2.32. The van der Waals surface area contributed by atoms with E-state index in [0.29, 0.717) is 39.6 Å². The maximum atomic E-state index is 12.3. The number of carbonyl (C=O) groups is 1. The van der Waals surface area contributed by atoms with Crippen LogP contribution in [0, 0.1) is 13.8 Å². The number of halogens is 3. The molecule has 2 aromatic heterocycles. The highest BCUT2D eigenvalue weighted by atomic mass is 35.5. The number of para-hydroxylation sites is 1. The quantitative estimate of drug-likeness (QED) is 0.506. The summed E-state index contributed by atoms with van der Waals surface area (Å²) in [4.78, 5) is 12.3. The summed E-state index contributed by atoms with van der Waals surface area (Å²) < 4.78 is 8.94. The molecule has 0 saturated carbocycles. The van der Waals surface area contributed by atoms with Crippen molar-refractivity contribution in [3.63, 3.8) is 0 Å². The second-order valence-corrected chi connectivity index (χ2v) is 7.57. The van der Waals surface area contributed by atoms with Gasteiger partial charge in [0.2, 0.25) is 0 Å². The lowest BCUT2D eigenvalue weighted by atomic mass is 10.3. The van der Waals surface area contributed by atoms with Crippen molar-refractivity contribution in [3.8, 4) is 5.75 Å². The topological polar surface area (TPSA) is 74.0 Å². The van der Waals surface area contributed by atoms with Crippen LogP contribution in [0.3, 0.4) is 0 Å². The predicted molar refractivity (Wildman–Crippen MR) is 113 cm³/mol. The van der Waals surface area contributed by atoms with Crippen molar-refractivity contribution in [2.45, 2.75) is 33.5 Å². The van der Waals surface area contributed by atoms with Crippen molar-refractivity contribution in [1.82, 2.24) is 24.9 Å². The Hall–Kier alpha value is -2.22. The van der Waals surface area contributed by atoms with E-state index in [9.17, 15) is 4.79 Å². The number of amides is 1. The molecule has 0 radical (unpaired) electrons. The standard InChI is InChI=1S/C19H20Cl3N5O2/c1-12-17(22)13(2)27(24-12)9-4-8-23-19(28)16-7-10-26(25-16)11-29-18-14(20)5-3-6-15(18)21/h3,5-7,10H,4,8-9,11H2,1-2H3,(H,23,28). The molecule has 0 unspecified atom stereocenters. The van der Waals surface area contributed by atoms with Crippen molar-refractivity contribution in [2.24, 2.45) is 0 Å². The fourth-order valence-electron chi connectivity index (χ4n) is 2.72. The zero-order chi connectivity index (χ0) is 21.0. The minimum Gasteiger partial charge on any atom is -0.468 e. The van der Waals surface area contributed by atoms with Gasteiger partial charge in [-0.05, 0) is 38.5 Å². The van der Waals surface area contributed by atoms with E-state index in [2.05, 4.69) is 15.5 Å². The van der Waals surface area contributed by atoms with Crippen LogP contribution in [0.4, 0.5) is 0 Å². The van der Waals surface area contributed by atoms with Gasteiger partial charge in [0.05, 0.1) is 26.5 Å². The van der Waals surface area contributed by atoms with Crippen LogP contribution in [0.1, 0.15) is 28.3 Å². The number of rotatable bonds is 8. The van der Waals surface area contributed by atoms with Crippen LogP contribution in [0.25, 0.3) is 0 Å². The zero-order valence-electron chi connectivity index (χ0n) is 16.0. The summed E-state index contributed by atoms with van der Waals surface area (Å²) in [6.45, 7) is 5.03. The molecule has 0 aliphatic rings. The Labute approximate surface area is 183 Å². The molecular formula is C19H20Cl3N5O2. The molecule has 154 valence electrons. The van der Waals surface area contributed by atoms with E-state index in [0.717, 1.165) is 17.8 Å². The van der Waals surface area contributed by atoms with E-state index in [1.165, 1.54) is 4.68 Å². The summed E-state index contributed by atoms with van der Waals surface area (Å²) in [5, 5.41) is 12.9. The largest absolute Gasteiger partial charge is 0.468 e. The van der Waals surface area contributed by atoms with Gasteiger partial charge in [0, 0.05) is 19.3 Å². The summed E-state index contributed by atoms with van der Waals surface area (Å²) in [6.07, 6.45) is 2.37. The highest BCUT2D eigenvalue weighted by molar-refractivity contribution is 6.37. The first-order valence-corrected chi connectivity index (χ1v) is 10.1. The fourth-order valence-corrected chi connectivity index (χ4v) is 3.36. The number of ether oxygens (including phenoxy) is 1.